The smallest absolute Gasteiger partial charge is 0.255 e. The van der Waals surface area contributed by atoms with E-state index in [9.17, 15) is 4.79 Å². The third-order valence-electron chi connectivity index (χ3n) is 6.59. The molecule has 0 unspecified atom stereocenters. The van der Waals surface area contributed by atoms with Gasteiger partial charge in [0.25, 0.3) is 5.91 Å². The maximum Gasteiger partial charge on any atom is 0.255 e. The fraction of sp³-hybridized carbons (Fsp3) is 0.560. The van der Waals surface area contributed by atoms with E-state index >= 15 is 0 Å². The molecule has 1 aromatic heterocycles. The average molecular weight is 425 g/mol. The second-order valence-corrected chi connectivity index (χ2v) is 9.14. The Morgan fingerprint density at radius 2 is 1.77 bits per heavy atom. The topological polar surface area (TPSA) is 52.0 Å². The van der Waals surface area contributed by atoms with Gasteiger partial charge in [0, 0.05) is 64.3 Å². The number of aryl methyl sites for hydroxylation is 2. The van der Waals surface area contributed by atoms with Crippen molar-refractivity contribution in [2.24, 2.45) is 0 Å². The van der Waals surface area contributed by atoms with E-state index in [0.29, 0.717) is 6.54 Å². The first kappa shape index (κ1) is 22.1. The van der Waals surface area contributed by atoms with Gasteiger partial charge in [0.1, 0.15) is 11.5 Å². The van der Waals surface area contributed by atoms with Gasteiger partial charge in [0.2, 0.25) is 0 Å². The minimum atomic E-state index is 0.0121. The Kier molecular flexibility index (Phi) is 7.10. The molecule has 4 rings (SSSR count). The standard InChI is InChI=1S/C25H36N4O2/c1-19-5-7-21(8-6-19)17-29-12-9-23-22(18-29)24(20(2)31-23)25(30)26-10-4-11-28-15-13-27(3)14-16-28/h5-8H,4,9-18H2,1-3H3,(H,26,30). The lowest BCUT2D eigenvalue weighted by atomic mass is 10.0. The predicted octanol–water partition coefficient (Wildman–Crippen LogP) is 2.82. The van der Waals surface area contributed by atoms with Gasteiger partial charge in [-0.05, 0) is 39.4 Å². The lowest BCUT2D eigenvalue weighted by Crippen LogP contribution is -2.45. The highest BCUT2D eigenvalue weighted by molar-refractivity contribution is 5.97. The number of hydrogen-bond acceptors (Lipinski definition) is 5. The summed E-state index contributed by atoms with van der Waals surface area (Å²) in [7, 11) is 2.17. The minimum absolute atomic E-state index is 0.0121. The fourth-order valence-electron chi connectivity index (χ4n) is 4.63. The monoisotopic (exact) mass is 424 g/mol. The molecule has 2 aliphatic heterocycles. The molecule has 0 atom stereocenters. The van der Waals surface area contributed by atoms with Gasteiger partial charge < -0.3 is 19.5 Å². The molecule has 2 aliphatic rings. The SMILES string of the molecule is Cc1ccc(CN2CCc3oc(C)c(C(=O)NCCCN4CCN(C)CC4)c3C2)cc1. The molecule has 3 heterocycles. The molecule has 0 bridgehead atoms. The zero-order valence-electron chi connectivity index (χ0n) is 19.2. The zero-order chi connectivity index (χ0) is 21.8. The van der Waals surface area contributed by atoms with Crippen LogP contribution in [-0.2, 0) is 19.5 Å². The number of nitrogens with zero attached hydrogens (tertiary/aromatic N) is 3. The van der Waals surface area contributed by atoms with Gasteiger partial charge in [-0.1, -0.05) is 29.8 Å². The molecular weight excluding hydrogens is 388 g/mol. The van der Waals surface area contributed by atoms with E-state index in [4.69, 9.17) is 4.42 Å². The Balaban J connectivity index is 1.31. The predicted molar refractivity (Wildman–Crippen MR) is 123 cm³/mol. The van der Waals surface area contributed by atoms with Gasteiger partial charge >= 0.3 is 0 Å². The highest BCUT2D eigenvalue weighted by atomic mass is 16.3. The summed E-state index contributed by atoms with van der Waals surface area (Å²) in [6.07, 6.45) is 1.84. The molecule has 1 N–H and O–H groups in total. The van der Waals surface area contributed by atoms with Crippen LogP contribution < -0.4 is 5.32 Å². The summed E-state index contributed by atoms with van der Waals surface area (Å²) < 4.78 is 5.98. The number of amides is 1. The van der Waals surface area contributed by atoms with E-state index in [2.05, 4.69) is 58.3 Å². The highest BCUT2D eigenvalue weighted by Gasteiger charge is 2.28. The summed E-state index contributed by atoms with van der Waals surface area (Å²) in [4.78, 5) is 20.2. The summed E-state index contributed by atoms with van der Waals surface area (Å²) in [5.41, 5.74) is 4.42. The maximum absolute atomic E-state index is 13.0. The number of carbonyl (C=O) groups is 1. The second kappa shape index (κ2) is 9.98. The summed E-state index contributed by atoms with van der Waals surface area (Å²) in [6.45, 7) is 12.9. The molecular formula is C25H36N4O2. The van der Waals surface area contributed by atoms with Crippen LogP contribution >= 0.6 is 0 Å². The molecule has 1 amide bonds. The molecule has 0 spiro atoms. The molecule has 1 aromatic carbocycles. The molecule has 6 heteroatoms. The Hall–Kier alpha value is -2.15. The molecule has 2 aromatic rings. The Morgan fingerprint density at radius 1 is 1.03 bits per heavy atom. The normalized spacial score (nSPS) is 18.2. The van der Waals surface area contributed by atoms with Crippen molar-refractivity contribution >= 4 is 5.91 Å². The summed E-state index contributed by atoms with van der Waals surface area (Å²) >= 11 is 0. The number of carbonyl (C=O) groups excluding carboxylic acids is 1. The van der Waals surface area contributed by atoms with Crippen molar-refractivity contribution in [2.45, 2.75) is 39.8 Å². The van der Waals surface area contributed by atoms with Crippen molar-refractivity contribution in [3.63, 3.8) is 0 Å². The van der Waals surface area contributed by atoms with Gasteiger partial charge in [0.15, 0.2) is 0 Å². The third-order valence-corrected chi connectivity index (χ3v) is 6.59. The van der Waals surface area contributed by atoms with Crippen molar-refractivity contribution in [2.75, 3.05) is 52.9 Å². The summed E-state index contributed by atoms with van der Waals surface area (Å²) in [5.74, 6) is 1.75. The molecule has 6 nitrogen and oxygen atoms in total. The van der Waals surface area contributed by atoms with Crippen LogP contribution in [0.4, 0.5) is 0 Å². The van der Waals surface area contributed by atoms with Crippen LogP contribution in [0.3, 0.4) is 0 Å². The fourth-order valence-corrected chi connectivity index (χ4v) is 4.63. The molecule has 31 heavy (non-hydrogen) atoms. The second-order valence-electron chi connectivity index (χ2n) is 9.14. The van der Waals surface area contributed by atoms with E-state index in [1.807, 2.05) is 6.92 Å². The maximum atomic E-state index is 13.0. The quantitative estimate of drug-likeness (QED) is 0.693. The molecule has 168 valence electrons. The lowest BCUT2D eigenvalue weighted by molar-refractivity contribution is 0.0946. The Morgan fingerprint density at radius 3 is 2.52 bits per heavy atom. The highest BCUT2D eigenvalue weighted by Crippen LogP contribution is 2.29. The third kappa shape index (κ3) is 5.56. The van der Waals surface area contributed by atoms with Crippen LogP contribution in [0.15, 0.2) is 28.7 Å². The first-order chi connectivity index (χ1) is 15.0. The van der Waals surface area contributed by atoms with E-state index in [0.717, 1.165) is 87.8 Å². The van der Waals surface area contributed by atoms with E-state index < -0.39 is 0 Å². The van der Waals surface area contributed by atoms with Gasteiger partial charge in [-0.15, -0.1) is 0 Å². The number of furan rings is 1. The number of likely N-dealkylation sites (N-methyl/N-ethyl adjacent to an activating group) is 1. The molecule has 1 saturated heterocycles. The van der Waals surface area contributed by atoms with E-state index in [1.165, 1.54) is 11.1 Å². The van der Waals surface area contributed by atoms with Crippen LogP contribution in [0.5, 0.6) is 0 Å². The van der Waals surface area contributed by atoms with Crippen molar-refractivity contribution in [3.8, 4) is 0 Å². The van der Waals surface area contributed by atoms with Crippen LogP contribution in [-0.4, -0.2) is 73.5 Å². The van der Waals surface area contributed by atoms with Crippen molar-refractivity contribution in [3.05, 3.63) is 58.0 Å². The number of rotatable bonds is 7. The summed E-state index contributed by atoms with van der Waals surface area (Å²) in [5, 5.41) is 3.14. The first-order valence-electron chi connectivity index (χ1n) is 11.6. The van der Waals surface area contributed by atoms with Crippen LogP contribution in [0.1, 0.15) is 45.0 Å². The largest absolute Gasteiger partial charge is 0.465 e. The number of nitrogens with one attached hydrogen (secondary N) is 1. The zero-order valence-corrected chi connectivity index (χ0v) is 19.2. The number of fused-ring (bicyclic) bond motifs is 1. The molecule has 1 fully saturated rings. The lowest BCUT2D eigenvalue weighted by Gasteiger charge is -2.32. The number of piperazine rings is 1. The van der Waals surface area contributed by atoms with Crippen molar-refractivity contribution in [1.82, 2.24) is 20.0 Å². The molecule has 0 aliphatic carbocycles. The summed E-state index contributed by atoms with van der Waals surface area (Å²) in [6, 6.07) is 8.71. The van der Waals surface area contributed by atoms with E-state index in [1.54, 1.807) is 0 Å². The van der Waals surface area contributed by atoms with Gasteiger partial charge in [-0.25, -0.2) is 0 Å². The van der Waals surface area contributed by atoms with Crippen LogP contribution in [0.2, 0.25) is 0 Å². The number of benzene rings is 1. The average Bonchev–Trinajstić information content (AvgIpc) is 3.09. The minimum Gasteiger partial charge on any atom is -0.465 e. The van der Waals surface area contributed by atoms with Gasteiger partial charge in [-0.2, -0.15) is 0 Å². The molecule has 0 saturated carbocycles. The van der Waals surface area contributed by atoms with Crippen LogP contribution in [0, 0.1) is 13.8 Å². The Bertz CT molecular complexity index is 882. The van der Waals surface area contributed by atoms with Gasteiger partial charge in [-0.3, -0.25) is 9.69 Å². The van der Waals surface area contributed by atoms with Crippen molar-refractivity contribution in [1.29, 1.82) is 0 Å². The van der Waals surface area contributed by atoms with Crippen LogP contribution in [0.25, 0.3) is 0 Å². The molecule has 0 radical (unpaired) electrons. The number of hydrogen-bond donors (Lipinski definition) is 1. The first-order valence-corrected chi connectivity index (χ1v) is 11.6. The Labute approximate surface area is 186 Å². The van der Waals surface area contributed by atoms with E-state index in [-0.39, 0.29) is 5.91 Å². The van der Waals surface area contributed by atoms with Gasteiger partial charge in [0.05, 0.1) is 5.56 Å². The van der Waals surface area contributed by atoms with Crippen molar-refractivity contribution < 1.29 is 9.21 Å².